The lowest BCUT2D eigenvalue weighted by Crippen LogP contribution is -2.34. The van der Waals surface area contributed by atoms with E-state index in [2.05, 4.69) is 23.1 Å². The number of β-amino-alcohol motifs (C(OH)–C–C–N with tert-alkyl or cyclic N) is 1. The van der Waals surface area contributed by atoms with E-state index in [9.17, 15) is 5.11 Å². The first-order valence-electron chi connectivity index (χ1n) is 8.42. The Labute approximate surface area is 147 Å². The third-order valence-corrected chi connectivity index (χ3v) is 5.27. The molecule has 0 bridgehead atoms. The molecular formula is C19H25NO3S. The van der Waals surface area contributed by atoms with Crippen LogP contribution in [0, 0.1) is 0 Å². The van der Waals surface area contributed by atoms with Crippen LogP contribution in [0.2, 0.25) is 0 Å². The van der Waals surface area contributed by atoms with Gasteiger partial charge in [0, 0.05) is 17.5 Å². The van der Waals surface area contributed by atoms with Crippen LogP contribution in [0.15, 0.2) is 41.8 Å². The first kappa shape index (κ1) is 17.4. The summed E-state index contributed by atoms with van der Waals surface area (Å²) >= 11 is 1.68. The van der Waals surface area contributed by atoms with Crippen LogP contribution >= 0.6 is 11.3 Å². The maximum atomic E-state index is 10.3. The molecule has 2 heterocycles. The molecular weight excluding hydrogens is 322 g/mol. The summed E-state index contributed by atoms with van der Waals surface area (Å²) in [7, 11) is 1.69. The number of likely N-dealkylation sites (tertiary alicyclic amines) is 1. The third kappa shape index (κ3) is 4.57. The second kappa shape index (κ2) is 8.62. The molecule has 2 atom stereocenters. The number of methoxy groups -OCH3 is 1. The van der Waals surface area contributed by atoms with E-state index in [0.29, 0.717) is 25.8 Å². The van der Waals surface area contributed by atoms with Crippen molar-refractivity contribution in [3.63, 3.8) is 0 Å². The number of rotatable bonds is 8. The molecule has 130 valence electrons. The number of thiophene rings is 1. The zero-order chi connectivity index (χ0) is 16.8. The van der Waals surface area contributed by atoms with Gasteiger partial charge in [-0.1, -0.05) is 18.2 Å². The van der Waals surface area contributed by atoms with Crippen molar-refractivity contribution in [2.24, 2.45) is 0 Å². The Morgan fingerprint density at radius 3 is 3.04 bits per heavy atom. The Bertz CT molecular complexity index is 617. The molecule has 4 nitrogen and oxygen atoms in total. The van der Waals surface area contributed by atoms with Crippen molar-refractivity contribution in [3.8, 4) is 5.75 Å². The van der Waals surface area contributed by atoms with Crippen LogP contribution in [0.1, 0.15) is 29.3 Å². The fraction of sp³-hybridized carbons (Fsp3) is 0.474. The Morgan fingerprint density at radius 1 is 1.33 bits per heavy atom. The molecule has 1 aromatic carbocycles. The average molecular weight is 347 g/mol. The average Bonchev–Trinajstić information content (AvgIpc) is 3.27. The van der Waals surface area contributed by atoms with Crippen LogP contribution in [0.4, 0.5) is 0 Å². The summed E-state index contributed by atoms with van der Waals surface area (Å²) in [6.45, 7) is 2.61. The normalized spacial score (nSPS) is 19.5. The van der Waals surface area contributed by atoms with Crippen molar-refractivity contribution in [2.75, 3.05) is 26.8 Å². The van der Waals surface area contributed by atoms with E-state index in [1.54, 1.807) is 18.4 Å². The number of ether oxygens (including phenoxy) is 2. The minimum absolute atomic E-state index is 0.354. The summed E-state index contributed by atoms with van der Waals surface area (Å²) in [5, 5.41) is 12.4. The summed E-state index contributed by atoms with van der Waals surface area (Å²) in [6.07, 6.45) is 1.82. The standard InChI is InChI=1S/C19H25NO3S/c1-22-17-6-2-5-15(11-17)19-8-3-9-20(19)12-16(21)13-23-14-18-7-4-10-24-18/h2,4-7,10-11,16,19,21H,3,8-9,12-14H2,1H3. The Kier molecular flexibility index (Phi) is 6.26. The quantitative estimate of drug-likeness (QED) is 0.794. The van der Waals surface area contributed by atoms with Gasteiger partial charge in [-0.3, -0.25) is 4.90 Å². The van der Waals surface area contributed by atoms with Crippen LogP contribution < -0.4 is 4.74 Å². The van der Waals surface area contributed by atoms with Gasteiger partial charge in [-0.05, 0) is 48.5 Å². The number of hydrogen-bond acceptors (Lipinski definition) is 5. The van der Waals surface area contributed by atoms with Gasteiger partial charge in [0.15, 0.2) is 0 Å². The highest BCUT2D eigenvalue weighted by molar-refractivity contribution is 7.09. The lowest BCUT2D eigenvalue weighted by atomic mass is 10.0. The van der Waals surface area contributed by atoms with Crippen LogP contribution in [0.5, 0.6) is 5.75 Å². The molecule has 0 aliphatic carbocycles. The number of aliphatic hydroxyl groups excluding tert-OH is 1. The molecule has 2 aromatic rings. The van der Waals surface area contributed by atoms with Crippen LogP contribution in [-0.4, -0.2) is 42.9 Å². The smallest absolute Gasteiger partial charge is 0.119 e. The minimum Gasteiger partial charge on any atom is -0.497 e. The largest absolute Gasteiger partial charge is 0.497 e. The maximum absolute atomic E-state index is 10.3. The van der Waals surface area contributed by atoms with E-state index in [-0.39, 0.29) is 0 Å². The molecule has 24 heavy (non-hydrogen) atoms. The third-order valence-electron chi connectivity index (χ3n) is 4.42. The van der Waals surface area contributed by atoms with E-state index in [4.69, 9.17) is 9.47 Å². The van der Waals surface area contributed by atoms with Gasteiger partial charge in [0.25, 0.3) is 0 Å². The molecule has 1 aliphatic heterocycles. The topological polar surface area (TPSA) is 41.9 Å². The fourth-order valence-corrected chi connectivity index (χ4v) is 3.93. The molecule has 0 spiro atoms. The number of nitrogens with zero attached hydrogens (tertiary/aromatic N) is 1. The number of aliphatic hydroxyl groups is 1. The summed E-state index contributed by atoms with van der Waals surface area (Å²) in [4.78, 5) is 3.55. The molecule has 5 heteroatoms. The van der Waals surface area contributed by atoms with Crippen molar-refractivity contribution in [3.05, 3.63) is 52.2 Å². The molecule has 1 aliphatic rings. The van der Waals surface area contributed by atoms with E-state index >= 15 is 0 Å². The lowest BCUT2D eigenvalue weighted by Gasteiger charge is -2.27. The van der Waals surface area contributed by atoms with Crippen molar-refractivity contribution in [1.82, 2.24) is 4.90 Å². The first-order valence-corrected chi connectivity index (χ1v) is 9.30. The Morgan fingerprint density at radius 2 is 2.25 bits per heavy atom. The van der Waals surface area contributed by atoms with Gasteiger partial charge < -0.3 is 14.6 Å². The van der Waals surface area contributed by atoms with E-state index in [1.807, 2.05) is 23.6 Å². The molecule has 1 aromatic heterocycles. The van der Waals surface area contributed by atoms with Gasteiger partial charge in [-0.2, -0.15) is 0 Å². The molecule has 1 fully saturated rings. The van der Waals surface area contributed by atoms with Gasteiger partial charge >= 0.3 is 0 Å². The van der Waals surface area contributed by atoms with E-state index in [0.717, 1.165) is 25.1 Å². The number of benzene rings is 1. The van der Waals surface area contributed by atoms with Gasteiger partial charge in [0.1, 0.15) is 5.75 Å². The monoisotopic (exact) mass is 347 g/mol. The molecule has 0 saturated carbocycles. The fourth-order valence-electron chi connectivity index (χ4n) is 3.28. The van der Waals surface area contributed by atoms with Crippen molar-refractivity contribution >= 4 is 11.3 Å². The minimum atomic E-state index is -0.462. The van der Waals surface area contributed by atoms with Gasteiger partial charge in [-0.25, -0.2) is 0 Å². The van der Waals surface area contributed by atoms with Crippen molar-refractivity contribution < 1.29 is 14.6 Å². The Balaban J connectivity index is 1.51. The Hall–Kier alpha value is -1.40. The summed E-state index contributed by atoms with van der Waals surface area (Å²) in [5.74, 6) is 0.888. The van der Waals surface area contributed by atoms with E-state index < -0.39 is 6.10 Å². The van der Waals surface area contributed by atoms with Crippen LogP contribution in [0.3, 0.4) is 0 Å². The van der Waals surface area contributed by atoms with Crippen LogP contribution in [0.25, 0.3) is 0 Å². The molecule has 2 unspecified atom stereocenters. The first-order chi connectivity index (χ1) is 11.8. The molecule has 1 saturated heterocycles. The second-order valence-corrected chi connectivity index (χ2v) is 7.21. The zero-order valence-electron chi connectivity index (χ0n) is 14.1. The zero-order valence-corrected chi connectivity index (χ0v) is 14.9. The van der Waals surface area contributed by atoms with E-state index in [1.165, 1.54) is 10.4 Å². The summed E-state index contributed by atoms with van der Waals surface area (Å²) in [6, 6.07) is 12.7. The lowest BCUT2D eigenvalue weighted by molar-refractivity contribution is 0.00847. The summed E-state index contributed by atoms with van der Waals surface area (Å²) in [5.41, 5.74) is 1.26. The van der Waals surface area contributed by atoms with Gasteiger partial charge in [0.2, 0.25) is 0 Å². The SMILES string of the molecule is COc1cccc(C2CCCN2CC(O)COCc2cccs2)c1. The van der Waals surface area contributed by atoms with Crippen molar-refractivity contribution in [2.45, 2.75) is 31.6 Å². The summed E-state index contributed by atoms with van der Waals surface area (Å²) < 4.78 is 11.0. The molecule has 3 rings (SSSR count). The van der Waals surface area contributed by atoms with Crippen molar-refractivity contribution in [1.29, 1.82) is 0 Å². The molecule has 1 N–H and O–H groups in total. The van der Waals surface area contributed by atoms with Crippen LogP contribution in [-0.2, 0) is 11.3 Å². The van der Waals surface area contributed by atoms with Gasteiger partial charge in [0.05, 0.1) is 26.4 Å². The second-order valence-electron chi connectivity index (χ2n) is 6.18. The molecule has 0 radical (unpaired) electrons. The highest BCUT2D eigenvalue weighted by atomic mass is 32.1. The predicted octanol–water partition coefficient (Wildman–Crippen LogP) is 3.47. The molecule has 0 amide bonds. The highest BCUT2D eigenvalue weighted by Crippen LogP contribution is 2.33. The maximum Gasteiger partial charge on any atom is 0.119 e. The highest BCUT2D eigenvalue weighted by Gasteiger charge is 2.27. The predicted molar refractivity (Wildman–Crippen MR) is 96.5 cm³/mol. The van der Waals surface area contributed by atoms with Gasteiger partial charge in [-0.15, -0.1) is 11.3 Å². The number of hydrogen-bond donors (Lipinski definition) is 1.